The molecule has 1 rings (SSSR count). The Kier molecular flexibility index (Phi) is 4.06. The summed E-state index contributed by atoms with van der Waals surface area (Å²) in [5.74, 6) is 1.31. The molecule has 1 amide bonds. The molecule has 0 saturated carbocycles. The van der Waals surface area contributed by atoms with Crippen LogP contribution in [0.1, 0.15) is 13.3 Å². The van der Waals surface area contributed by atoms with Gasteiger partial charge in [0.15, 0.2) is 0 Å². The third-order valence-electron chi connectivity index (χ3n) is 2.37. The lowest BCUT2D eigenvalue weighted by molar-refractivity contribution is -0.133. The van der Waals surface area contributed by atoms with Crippen molar-refractivity contribution >= 4 is 17.7 Å². The molecule has 4 heteroatoms. The van der Waals surface area contributed by atoms with Crippen molar-refractivity contribution in [2.24, 2.45) is 11.7 Å². The van der Waals surface area contributed by atoms with E-state index in [4.69, 9.17) is 5.73 Å². The molecule has 0 bridgehead atoms. The van der Waals surface area contributed by atoms with Crippen LogP contribution in [0.4, 0.5) is 0 Å². The summed E-state index contributed by atoms with van der Waals surface area (Å²) in [6.07, 6.45) is 2.98. The first kappa shape index (κ1) is 10.9. The van der Waals surface area contributed by atoms with Crippen LogP contribution in [-0.2, 0) is 4.79 Å². The predicted molar refractivity (Wildman–Crippen MR) is 56.7 cm³/mol. The van der Waals surface area contributed by atoms with Gasteiger partial charge in [-0.25, -0.2) is 0 Å². The van der Waals surface area contributed by atoms with E-state index in [1.54, 1.807) is 11.8 Å². The lowest BCUT2D eigenvalue weighted by atomic mass is 10.2. The molecule has 1 aliphatic heterocycles. The second-order valence-electron chi connectivity index (χ2n) is 3.69. The quantitative estimate of drug-likeness (QED) is 0.727. The number of amides is 1. The fourth-order valence-corrected chi connectivity index (χ4v) is 2.26. The summed E-state index contributed by atoms with van der Waals surface area (Å²) in [7, 11) is 0. The predicted octanol–water partition coefficient (Wildman–Crippen LogP) is 0.545. The third-order valence-corrected chi connectivity index (χ3v) is 3.21. The number of hydrogen-bond donors (Lipinski definition) is 1. The van der Waals surface area contributed by atoms with Crippen molar-refractivity contribution < 1.29 is 4.79 Å². The first-order valence-electron chi connectivity index (χ1n) is 4.68. The number of carbonyl (C=O) groups excluding carboxylic acids is 1. The first-order chi connectivity index (χ1) is 6.15. The molecule has 13 heavy (non-hydrogen) atoms. The van der Waals surface area contributed by atoms with Crippen LogP contribution >= 0.6 is 11.8 Å². The van der Waals surface area contributed by atoms with Crippen LogP contribution in [0.5, 0.6) is 0 Å². The Morgan fingerprint density at radius 1 is 1.77 bits per heavy atom. The van der Waals surface area contributed by atoms with Crippen LogP contribution in [0.15, 0.2) is 0 Å². The number of rotatable bonds is 3. The van der Waals surface area contributed by atoms with E-state index >= 15 is 0 Å². The molecule has 3 nitrogen and oxygen atoms in total. The topological polar surface area (TPSA) is 46.3 Å². The standard InChI is InChI=1S/C9H18N2OS/c1-7(6-13-2)9(12)11-4-3-8(10)5-11/h7-8H,3-6,10H2,1-2H3/t7?,8-/m1/s1. The summed E-state index contributed by atoms with van der Waals surface area (Å²) in [6, 6.07) is 0.199. The summed E-state index contributed by atoms with van der Waals surface area (Å²) >= 11 is 1.72. The van der Waals surface area contributed by atoms with Crippen molar-refractivity contribution in [3.05, 3.63) is 0 Å². The molecular weight excluding hydrogens is 184 g/mol. The van der Waals surface area contributed by atoms with Gasteiger partial charge in [-0.2, -0.15) is 11.8 Å². The molecule has 1 unspecified atom stereocenters. The largest absolute Gasteiger partial charge is 0.341 e. The van der Waals surface area contributed by atoms with Crippen molar-refractivity contribution in [1.82, 2.24) is 4.90 Å². The van der Waals surface area contributed by atoms with Crippen LogP contribution in [0, 0.1) is 5.92 Å². The summed E-state index contributed by atoms with van der Waals surface area (Å²) in [6.45, 7) is 3.58. The third kappa shape index (κ3) is 2.88. The van der Waals surface area contributed by atoms with Gasteiger partial charge in [-0.3, -0.25) is 4.79 Å². The number of carbonyl (C=O) groups is 1. The minimum atomic E-state index is 0.139. The van der Waals surface area contributed by atoms with E-state index in [9.17, 15) is 4.79 Å². The number of thioether (sulfide) groups is 1. The highest BCUT2D eigenvalue weighted by molar-refractivity contribution is 7.98. The average Bonchev–Trinajstić information content (AvgIpc) is 2.51. The Morgan fingerprint density at radius 3 is 2.92 bits per heavy atom. The maximum absolute atomic E-state index is 11.7. The van der Waals surface area contributed by atoms with E-state index in [-0.39, 0.29) is 17.9 Å². The number of nitrogens with zero attached hydrogens (tertiary/aromatic N) is 1. The molecular formula is C9H18N2OS. The summed E-state index contributed by atoms with van der Waals surface area (Å²) < 4.78 is 0. The molecule has 0 aromatic carbocycles. The van der Waals surface area contributed by atoms with Gasteiger partial charge >= 0.3 is 0 Å². The lowest BCUT2D eigenvalue weighted by Gasteiger charge is -2.19. The van der Waals surface area contributed by atoms with E-state index in [1.165, 1.54) is 0 Å². The van der Waals surface area contributed by atoms with Crippen molar-refractivity contribution in [3.63, 3.8) is 0 Å². The fraction of sp³-hybridized carbons (Fsp3) is 0.889. The van der Waals surface area contributed by atoms with Crippen molar-refractivity contribution in [1.29, 1.82) is 0 Å². The van der Waals surface area contributed by atoms with Crippen LogP contribution in [0.3, 0.4) is 0 Å². The Labute approximate surface area is 84.0 Å². The van der Waals surface area contributed by atoms with Gasteiger partial charge in [0.25, 0.3) is 0 Å². The molecule has 1 heterocycles. The monoisotopic (exact) mass is 202 g/mol. The minimum Gasteiger partial charge on any atom is -0.341 e. The summed E-state index contributed by atoms with van der Waals surface area (Å²) in [4.78, 5) is 13.6. The fourth-order valence-electron chi connectivity index (χ4n) is 1.62. The normalized spacial score (nSPS) is 24.8. The van der Waals surface area contributed by atoms with Gasteiger partial charge in [0.1, 0.15) is 0 Å². The van der Waals surface area contributed by atoms with E-state index < -0.39 is 0 Å². The molecule has 1 fully saturated rings. The lowest BCUT2D eigenvalue weighted by Crippen LogP contribution is -2.36. The van der Waals surface area contributed by atoms with Crippen LogP contribution in [-0.4, -0.2) is 41.9 Å². The minimum absolute atomic E-state index is 0.139. The van der Waals surface area contributed by atoms with Gasteiger partial charge in [0, 0.05) is 30.8 Å². The van der Waals surface area contributed by atoms with Gasteiger partial charge < -0.3 is 10.6 Å². The van der Waals surface area contributed by atoms with E-state index in [1.807, 2.05) is 18.1 Å². The molecule has 76 valence electrons. The van der Waals surface area contributed by atoms with Crippen molar-refractivity contribution in [3.8, 4) is 0 Å². The number of likely N-dealkylation sites (tertiary alicyclic amines) is 1. The summed E-state index contributed by atoms with van der Waals surface area (Å²) in [5, 5.41) is 0. The Balaban J connectivity index is 2.38. The van der Waals surface area contributed by atoms with Crippen LogP contribution in [0.2, 0.25) is 0 Å². The molecule has 0 aromatic rings. The molecule has 2 atom stereocenters. The Morgan fingerprint density at radius 2 is 2.46 bits per heavy atom. The van der Waals surface area contributed by atoms with Crippen LogP contribution < -0.4 is 5.73 Å². The molecule has 0 aliphatic carbocycles. The molecule has 1 saturated heterocycles. The Bertz CT molecular complexity index is 186. The van der Waals surface area contributed by atoms with Gasteiger partial charge in [-0.1, -0.05) is 6.92 Å². The maximum atomic E-state index is 11.7. The highest BCUT2D eigenvalue weighted by atomic mass is 32.2. The van der Waals surface area contributed by atoms with Gasteiger partial charge in [-0.15, -0.1) is 0 Å². The van der Waals surface area contributed by atoms with Crippen LogP contribution in [0.25, 0.3) is 0 Å². The Hall–Kier alpha value is -0.220. The molecule has 1 aliphatic rings. The number of hydrogen-bond acceptors (Lipinski definition) is 3. The second kappa shape index (κ2) is 4.86. The molecule has 0 radical (unpaired) electrons. The zero-order chi connectivity index (χ0) is 9.84. The maximum Gasteiger partial charge on any atom is 0.226 e. The van der Waals surface area contributed by atoms with Gasteiger partial charge in [0.2, 0.25) is 5.91 Å². The van der Waals surface area contributed by atoms with E-state index in [2.05, 4.69) is 0 Å². The zero-order valence-corrected chi connectivity index (χ0v) is 9.14. The smallest absolute Gasteiger partial charge is 0.226 e. The second-order valence-corrected chi connectivity index (χ2v) is 4.60. The summed E-state index contributed by atoms with van der Waals surface area (Å²) in [5.41, 5.74) is 5.74. The molecule has 2 N–H and O–H groups in total. The van der Waals surface area contributed by atoms with E-state index in [0.29, 0.717) is 0 Å². The van der Waals surface area contributed by atoms with Gasteiger partial charge in [0.05, 0.1) is 0 Å². The highest BCUT2D eigenvalue weighted by Crippen LogP contribution is 2.13. The molecule has 0 aromatic heterocycles. The molecule has 0 spiro atoms. The van der Waals surface area contributed by atoms with E-state index in [0.717, 1.165) is 25.3 Å². The van der Waals surface area contributed by atoms with Gasteiger partial charge in [-0.05, 0) is 12.7 Å². The SMILES string of the molecule is CSCC(C)C(=O)N1CC[C@@H](N)C1. The van der Waals surface area contributed by atoms with Crippen molar-refractivity contribution in [2.75, 3.05) is 25.1 Å². The zero-order valence-electron chi connectivity index (χ0n) is 8.32. The first-order valence-corrected chi connectivity index (χ1v) is 6.08. The number of nitrogens with two attached hydrogens (primary N) is 1. The van der Waals surface area contributed by atoms with Crippen molar-refractivity contribution in [2.45, 2.75) is 19.4 Å². The average molecular weight is 202 g/mol. The highest BCUT2D eigenvalue weighted by Gasteiger charge is 2.26.